The zero-order valence-corrected chi connectivity index (χ0v) is 7.83. The molecule has 5 heteroatoms. The van der Waals surface area contributed by atoms with Gasteiger partial charge in [0.2, 0.25) is 0 Å². The van der Waals surface area contributed by atoms with Gasteiger partial charge in [0.1, 0.15) is 0 Å². The molecule has 1 atom stereocenters. The highest BCUT2D eigenvalue weighted by atomic mass is 16.6. The van der Waals surface area contributed by atoms with Crippen molar-refractivity contribution >= 4 is 0 Å². The summed E-state index contributed by atoms with van der Waals surface area (Å²) in [6.45, 7) is 0. The summed E-state index contributed by atoms with van der Waals surface area (Å²) in [5.74, 6) is 0.353. The first-order valence-electron chi connectivity index (χ1n) is 4.47. The monoisotopic (exact) mass is 203 g/mol. The number of H-pyrrole nitrogens is 1. The van der Waals surface area contributed by atoms with Crippen LogP contribution in [-0.2, 0) is 0 Å². The van der Waals surface area contributed by atoms with Crippen molar-refractivity contribution in [2.75, 3.05) is 0 Å². The van der Waals surface area contributed by atoms with Crippen LogP contribution in [0.1, 0.15) is 17.4 Å². The second-order valence-electron chi connectivity index (χ2n) is 3.07. The fourth-order valence-corrected chi connectivity index (χ4v) is 1.44. The Labute approximate surface area is 85.9 Å². The first-order chi connectivity index (χ1) is 7.29. The van der Waals surface area contributed by atoms with Crippen molar-refractivity contribution in [1.82, 2.24) is 9.97 Å². The van der Waals surface area contributed by atoms with E-state index in [2.05, 4.69) is 9.97 Å². The molecule has 15 heavy (non-hydrogen) atoms. The third kappa shape index (κ3) is 1.85. The van der Waals surface area contributed by atoms with Crippen LogP contribution in [0.5, 0.6) is 0 Å². The van der Waals surface area contributed by atoms with E-state index in [1.165, 1.54) is 6.20 Å². The van der Waals surface area contributed by atoms with Crippen molar-refractivity contribution in [2.24, 2.45) is 0 Å². The largest absolute Gasteiger partial charge is 0.343 e. The summed E-state index contributed by atoms with van der Waals surface area (Å²) < 4.78 is 0. The van der Waals surface area contributed by atoms with Gasteiger partial charge in [-0.25, -0.2) is 4.98 Å². The average Bonchev–Trinajstić information content (AvgIpc) is 2.72. The molecule has 1 unspecified atom stereocenters. The van der Waals surface area contributed by atoms with Gasteiger partial charge in [0.15, 0.2) is 5.82 Å². The van der Waals surface area contributed by atoms with Crippen LogP contribution in [0.25, 0.3) is 0 Å². The molecule has 1 aromatic carbocycles. The van der Waals surface area contributed by atoms with E-state index in [4.69, 9.17) is 0 Å². The van der Waals surface area contributed by atoms with Crippen LogP contribution in [0.4, 0.5) is 0 Å². The lowest BCUT2D eigenvalue weighted by Crippen LogP contribution is -2.13. The Morgan fingerprint density at radius 3 is 2.60 bits per heavy atom. The molecule has 1 N–H and O–H groups in total. The fraction of sp³-hybridized carbons (Fsp3) is 0.100. The van der Waals surface area contributed by atoms with Crippen LogP contribution >= 0.6 is 0 Å². The Bertz CT molecular complexity index is 439. The molecule has 0 saturated heterocycles. The van der Waals surface area contributed by atoms with Crippen molar-refractivity contribution in [1.29, 1.82) is 0 Å². The number of hydrogen-bond donors (Lipinski definition) is 1. The Hall–Kier alpha value is -2.17. The maximum absolute atomic E-state index is 10.9. The van der Waals surface area contributed by atoms with E-state index in [1.54, 1.807) is 30.5 Å². The molecule has 0 fully saturated rings. The molecule has 1 heterocycles. The highest BCUT2D eigenvalue weighted by Crippen LogP contribution is 2.21. The fourth-order valence-electron chi connectivity index (χ4n) is 1.44. The van der Waals surface area contributed by atoms with E-state index < -0.39 is 6.04 Å². The second-order valence-corrected chi connectivity index (χ2v) is 3.07. The van der Waals surface area contributed by atoms with Gasteiger partial charge in [-0.3, -0.25) is 10.1 Å². The van der Waals surface area contributed by atoms with Crippen LogP contribution < -0.4 is 0 Å². The summed E-state index contributed by atoms with van der Waals surface area (Å²) in [6.07, 6.45) is 3.09. The number of hydrogen-bond acceptors (Lipinski definition) is 3. The Balaban J connectivity index is 2.42. The van der Waals surface area contributed by atoms with Crippen LogP contribution in [0, 0.1) is 10.1 Å². The highest BCUT2D eigenvalue weighted by molar-refractivity contribution is 5.22. The molecule has 0 saturated carbocycles. The zero-order valence-electron chi connectivity index (χ0n) is 7.83. The summed E-state index contributed by atoms with van der Waals surface area (Å²) >= 11 is 0. The van der Waals surface area contributed by atoms with E-state index in [0.717, 1.165) is 0 Å². The van der Waals surface area contributed by atoms with Gasteiger partial charge in [-0.05, 0) is 0 Å². The zero-order chi connectivity index (χ0) is 10.7. The van der Waals surface area contributed by atoms with E-state index in [1.807, 2.05) is 6.07 Å². The predicted octanol–water partition coefficient (Wildman–Crippen LogP) is 1.78. The third-order valence-electron chi connectivity index (χ3n) is 2.10. The number of benzene rings is 1. The van der Waals surface area contributed by atoms with E-state index in [0.29, 0.717) is 11.4 Å². The van der Waals surface area contributed by atoms with E-state index in [9.17, 15) is 10.1 Å². The first-order valence-corrected chi connectivity index (χ1v) is 4.47. The predicted molar refractivity (Wildman–Crippen MR) is 53.9 cm³/mol. The number of nitrogens with one attached hydrogen (secondary N) is 1. The molecular formula is C10H9N3O2. The Kier molecular flexibility index (Phi) is 2.45. The minimum atomic E-state index is -0.916. The normalized spacial score (nSPS) is 12.3. The number of aromatic amines is 1. The van der Waals surface area contributed by atoms with Gasteiger partial charge in [-0.15, -0.1) is 0 Å². The average molecular weight is 203 g/mol. The quantitative estimate of drug-likeness (QED) is 0.610. The van der Waals surface area contributed by atoms with Crippen LogP contribution in [0.15, 0.2) is 42.7 Å². The molecule has 1 aromatic heterocycles. The van der Waals surface area contributed by atoms with Gasteiger partial charge in [-0.1, -0.05) is 30.3 Å². The lowest BCUT2D eigenvalue weighted by atomic mass is 10.1. The summed E-state index contributed by atoms with van der Waals surface area (Å²) in [7, 11) is 0. The van der Waals surface area contributed by atoms with E-state index in [-0.39, 0.29) is 4.92 Å². The van der Waals surface area contributed by atoms with Crippen LogP contribution in [-0.4, -0.2) is 14.9 Å². The minimum Gasteiger partial charge on any atom is -0.343 e. The molecule has 0 amide bonds. The highest BCUT2D eigenvalue weighted by Gasteiger charge is 2.27. The summed E-state index contributed by atoms with van der Waals surface area (Å²) in [5, 5.41) is 10.9. The van der Waals surface area contributed by atoms with Gasteiger partial charge >= 0.3 is 0 Å². The molecule has 0 bridgehead atoms. The maximum Gasteiger partial charge on any atom is 0.294 e. The number of nitrogens with zero attached hydrogens (tertiary/aromatic N) is 2. The van der Waals surface area contributed by atoms with Gasteiger partial charge in [0, 0.05) is 22.9 Å². The summed E-state index contributed by atoms with van der Waals surface area (Å²) in [6, 6.07) is 7.89. The van der Waals surface area contributed by atoms with Crippen molar-refractivity contribution in [2.45, 2.75) is 6.04 Å². The topological polar surface area (TPSA) is 71.8 Å². The van der Waals surface area contributed by atoms with Crippen LogP contribution in [0.3, 0.4) is 0 Å². The van der Waals surface area contributed by atoms with Gasteiger partial charge < -0.3 is 4.98 Å². The van der Waals surface area contributed by atoms with Gasteiger partial charge in [0.25, 0.3) is 6.04 Å². The number of imidazole rings is 1. The number of rotatable bonds is 3. The van der Waals surface area contributed by atoms with Crippen LogP contribution in [0.2, 0.25) is 0 Å². The SMILES string of the molecule is O=[N+]([O-])C(c1ccccc1)c1ncc[nH]1. The third-order valence-corrected chi connectivity index (χ3v) is 2.10. The Morgan fingerprint density at radius 1 is 1.33 bits per heavy atom. The smallest absolute Gasteiger partial charge is 0.294 e. The van der Waals surface area contributed by atoms with Crippen molar-refractivity contribution < 1.29 is 4.92 Å². The number of aromatic nitrogens is 2. The van der Waals surface area contributed by atoms with Gasteiger partial charge in [0.05, 0.1) is 0 Å². The number of nitro groups is 1. The van der Waals surface area contributed by atoms with Crippen molar-refractivity contribution in [3.05, 3.63) is 64.2 Å². The summed E-state index contributed by atoms with van der Waals surface area (Å²) in [4.78, 5) is 17.3. The molecule has 0 aliphatic rings. The summed E-state index contributed by atoms with van der Waals surface area (Å²) in [5.41, 5.74) is 0.623. The molecule has 5 nitrogen and oxygen atoms in total. The molecule has 0 spiro atoms. The minimum absolute atomic E-state index is 0.353. The van der Waals surface area contributed by atoms with Gasteiger partial charge in [-0.2, -0.15) is 0 Å². The molecule has 0 aliphatic carbocycles. The molecule has 2 rings (SSSR count). The molecule has 2 aromatic rings. The molecule has 0 radical (unpaired) electrons. The second kappa shape index (κ2) is 3.91. The lowest BCUT2D eigenvalue weighted by molar-refractivity contribution is -0.518. The maximum atomic E-state index is 10.9. The van der Waals surface area contributed by atoms with Crippen molar-refractivity contribution in [3.63, 3.8) is 0 Å². The molecular weight excluding hydrogens is 194 g/mol. The first kappa shape index (κ1) is 9.39. The van der Waals surface area contributed by atoms with E-state index >= 15 is 0 Å². The molecule has 0 aliphatic heterocycles. The standard InChI is InChI=1S/C10H9N3O2/c14-13(15)9(10-11-6-7-12-10)8-4-2-1-3-5-8/h1-7,9H,(H,11,12). The Morgan fingerprint density at radius 2 is 2.07 bits per heavy atom. The lowest BCUT2D eigenvalue weighted by Gasteiger charge is -2.06. The molecule has 76 valence electrons. The van der Waals surface area contributed by atoms with Crippen molar-refractivity contribution in [3.8, 4) is 0 Å².